The maximum atomic E-state index is 12.0. The second kappa shape index (κ2) is 6.29. The van der Waals surface area contributed by atoms with Gasteiger partial charge in [-0.2, -0.15) is 0 Å². The predicted octanol–water partition coefficient (Wildman–Crippen LogP) is 1.43. The van der Waals surface area contributed by atoms with Crippen LogP contribution in [0.4, 0.5) is 5.69 Å². The molecule has 0 unspecified atom stereocenters. The summed E-state index contributed by atoms with van der Waals surface area (Å²) >= 11 is 0. The molecule has 0 aliphatic carbocycles. The highest BCUT2D eigenvalue weighted by Crippen LogP contribution is 2.13. The number of benzene rings is 1. The van der Waals surface area contributed by atoms with E-state index >= 15 is 0 Å². The number of rotatable bonds is 3. The van der Waals surface area contributed by atoms with Crippen LogP contribution in [-0.4, -0.2) is 41.4 Å². The second-order valence-corrected chi connectivity index (χ2v) is 4.82. The Hall–Kier alpha value is -2.21. The van der Waals surface area contributed by atoms with Gasteiger partial charge in [-0.05, 0) is 30.7 Å². The van der Waals surface area contributed by atoms with Crippen LogP contribution >= 0.6 is 0 Å². The van der Waals surface area contributed by atoms with Gasteiger partial charge < -0.3 is 10.2 Å². The third kappa shape index (κ3) is 3.64. The van der Waals surface area contributed by atoms with Crippen molar-refractivity contribution in [2.24, 2.45) is 0 Å². The zero-order valence-corrected chi connectivity index (χ0v) is 11.3. The molecule has 20 heavy (non-hydrogen) atoms. The predicted molar refractivity (Wildman–Crippen MR) is 76.2 cm³/mol. The fourth-order valence-corrected chi connectivity index (χ4v) is 2.11. The van der Waals surface area contributed by atoms with Gasteiger partial charge in [-0.15, -0.1) is 0 Å². The van der Waals surface area contributed by atoms with E-state index in [2.05, 4.69) is 5.32 Å². The highest BCUT2D eigenvalue weighted by Gasteiger charge is 2.18. The Morgan fingerprint density at radius 2 is 2.15 bits per heavy atom. The maximum Gasteiger partial charge on any atom is 0.269 e. The summed E-state index contributed by atoms with van der Waals surface area (Å²) in [5.74, 6) is -0.0308. The van der Waals surface area contributed by atoms with Crippen LogP contribution in [0.25, 0.3) is 6.08 Å². The zero-order chi connectivity index (χ0) is 14.5. The third-order valence-corrected chi connectivity index (χ3v) is 3.20. The van der Waals surface area contributed by atoms with Crippen LogP contribution < -0.4 is 5.32 Å². The number of hydrogen-bond donors (Lipinski definition) is 1. The normalized spacial score (nSPS) is 19.2. The van der Waals surface area contributed by atoms with Crippen LogP contribution in [0, 0.1) is 10.1 Å². The molecule has 0 saturated carbocycles. The van der Waals surface area contributed by atoms with Gasteiger partial charge in [0.2, 0.25) is 5.91 Å². The molecule has 1 fully saturated rings. The fourth-order valence-electron chi connectivity index (χ4n) is 2.11. The molecule has 1 amide bonds. The SMILES string of the molecule is C[C@H]1CN(C(=O)/C=C/c2ccc([N+](=O)[O-])cc2)CCN1. The van der Waals surface area contributed by atoms with Gasteiger partial charge in [-0.1, -0.05) is 0 Å². The number of amides is 1. The number of nitrogens with zero attached hydrogens (tertiary/aromatic N) is 2. The Balaban J connectivity index is 1.97. The van der Waals surface area contributed by atoms with Crippen molar-refractivity contribution in [3.8, 4) is 0 Å². The minimum absolute atomic E-state index is 0.0308. The minimum Gasteiger partial charge on any atom is -0.336 e. The quantitative estimate of drug-likeness (QED) is 0.514. The van der Waals surface area contributed by atoms with E-state index in [0.717, 1.165) is 12.1 Å². The maximum absolute atomic E-state index is 12.0. The lowest BCUT2D eigenvalue weighted by molar-refractivity contribution is -0.384. The summed E-state index contributed by atoms with van der Waals surface area (Å²) in [7, 11) is 0. The smallest absolute Gasteiger partial charge is 0.269 e. The van der Waals surface area contributed by atoms with Crippen LogP contribution in [0.3, 0.4) is 0 Å². The molecular formula is C14H17N3O3. The van der Waals surface area contributed by atoms with Crippen molar-refractivity contribution < 1.29 is 9.72 Å². The molecule has 1 saturated heterocycles. The van der Waals surface area contributed by atoms with E-state index in [4.69, 9.17) is 0 Å². The molecule has 1 aromatic carbocycles. The van der Waals surface area contributed by atoms with Crippen molar-refractivity contribution in [2.75, 3.05) is 19.6 Å². The molecule has 0 aromatic heterocycles. The Bertz CT molecular complexity index is 525. The van der Waals surface area contributed by atoms with E-state index in [1.165, 1.54) is 18.2 Å². The number of carbonyl (C=O) groups is 1. The monoisotopic (exact) mass is 275 g/mol. The summed E-state index contributed by atoms with van der Waals surface area (Å²) < 4.78 is 0. The first-order chi connectivity index (χ1) is 9.56. The van der Waals surface area contributed by atoms with Gasteiger partial charge in [0.25, 0.3) is 5.69 Å². The molecule has 1 aliphatic heterocycles. The number of nitro groups is 1. The van der Waals surface area contributed by atoms with E-state index in [-0.39, 0.29) is 11.6 Å². The first-order valence-electron chi connectivity index (χ1n) is 6.51. The summed E-state index contributed by atoms with van der Waals surface area (Å²) in [5, 5.41) is 13.8. The van der Waals surface area contributed by atoms with Crippen molar-refractivity contribution in [1.29, 1.82) is 0 Å². The van der Waals surface area contributed by atoms with E-state index < -0.39 is 4.92 Å². The molecule has 1 aliphatic rings. The molecule has 1 heterocycles. The number of hydrogen-bond acceptors (Lipinski definition) is 4. The fraction of sp³-hybridized carbons (Fsp3) is 0.357. The lowest BCUT2D eigenvalue weighted by Crippen LogP contribution is -2.50. The molecular weight excluding hydrogens is 258 g/mol. The average molecular weight is 275 g/mol. The molecule has 1 aromatic rings. The van der Waals surface area contributed by atoms with E-state index in [0.29, 0.717) is 19.1 Å². The molecule has 6 heteroatoms. The highest BCUT2D eigenvalue weighted by molar-refractivity contribution is 5.91. The van der Waals surface area contributed by atoms with Crippen molar-refractivity contribution in [1.82, 2.24) is 10.2 Å². The molecule has 1 atom stereocenters. The van der Waals surface area contributed by atoms with E-state index in [1.54, 1.807) is 23.1 Å². The largest absolute Gasteiger partial charge is 0.336 e. The Kier molecular flexibility index (Phi) is 4.47. The van der Waals surface area contributed by atoms with Crippen molar-refractivity contribution in [3.63, 3.8) is 0 Å². The van der Waals surface area contributed by atoms with E-state index in [1.807, 2.05) is 6.92 Å². The minimum atomic E-state index is -0.444. The van der Waals surface area contributed by atoms with Crippen molar-refractivity contribution >= 4 is 17.7 Å². The molecule has 106 valence electrons. The molecule has 6 nitrogen and oxygen atoms in total. The lowest BCUT2D eigenvalue weighted by atomic mass is 10.2. The van der Waals surface area contributed by atoms with Gasteiger partial charge in [-0.25, -0.2) is 0 Å². The first kappa shape index (κ1) is 14.2. The van der Waals surface area contributed by atoms with Crippen LogP contribution in [0.2, 0.25) is 0 Å². The van der Waals surface area contributed by atoms with Gasteiger partial charge >= 0.3 is 0 Å². The van der Waals surface area contributed by atoms with Crippen LogP contribution in [0.5, 0.6) is 0 Å². The van der Waals surface area contributed by atoms with Crippen LogP contribution in [0.1, 0.15) is 12.5 Å². The first-order valence-corrected chi connectivity index (χ1v) is 6.51. The number of nitro benzene ring substituents is 1. The average Bonchev–Trinajstić information content (AvgIpc) is 2.45. The van der Waals surface area contributed by atoms with Gasteiger partial charge in [0.05, 0.1) is 4.92 Å². The van der Waals surface area contributed by atoms with Gasteiger partial charge in [0, 0.05) is 43.9 Å². The van der Waals surface area contributed by atoms with E-state index in [9.17, 15) is 14.9 Å². The molecule has 0 radical (unpaired) electrons. The number of non-ortho nitro benzene ring substituents is 1. The highest BCUT2D eigenvalue weighted by atomic mass is 16.6. The molecule has 0 bridgehead atoms. The standard InChI is InChI=1S/C14H17N3O3/c1-11-10-16(9-8-15-11)14(18)7-4-12-2-5-13(6-3-12)17(19)20/h2-7,11,15H,8-10H2,1H3/b7-4+/t11-/m0/s1. The van der Waals surface area contributed by atoms with Gasteiger partial charge in [0.15, 0.2) is 0 Å². The summed E-state index contributed by atoms with van der Waals surface area (Å²) in [6, 6.07) is 6.42. The summed E-state index contributed by atoms with van der Waals surface area (Å²) in [6.45, 7) is 4.25. The Labute approximate surface area is 117 Å². The molecule has 0 spiro atoms. The summed E-state index contributed by atoms with van der Waals surface area (Å²) in [5.41, 5.74) is 0.816. The summed E-state index contributed by atoms with van der Waals surface area (Å²) in [4.78, 5) is 23.9. The lowest BCUT2D eigenvalue weighted by Gasteiger charge is -2.31. The number of nitrogens with one attached hydrogen (secondary N) is 1. The zero-order valence-electron chi connectivity index (χ0n) is 11.3. The van der Waals surface area contributed by atoms with Gasteiger partial charge in [0.1, 0.15) is 0 Å². The van der Waals surface area contributed by atoms with Crippen molar-refractivity contribution in [3.05, 3.63) is 46.0 Å². The molecule has 1 N–H and O–H groups in total. The molecule has 2 rings (SSSR count). The topological polar surface area (TPSA) is 75.5 Å². The van der Waals surface area contributed by atoms with Gasteiger partial charge in [-0.3, -0.25) is 14.9 Å². The van der Waals surface area contributed by atoms with Crippen LogP contribution in [0.15, 0.2) is 30.3 Å². The number of piperazine rings is 1. The second-order valence-electron chi connectivity index (χ2n) is 4.82. The van der Waals surface area contributed by atoms with Crippen molar-refractivity contribution in [2.45, 2.75) is 13.0 Å². The Morgan fingerprint density at radius 1 is 1.45 bits per heavy atom. The Morgan fingerprint density at radius 3 is 2.75 bits per heavy atom. The van der Waals surface area contributed by atoms with Crippen LogP contribution in [-0.2, 0) is 4.79 Å². The summed E-state index contributed by atoms with van der Waals surface area (Å²) in [6.07, 6.45) is 3.19. The third-order valence-electron chi connectivity index (χ3n) is 3.20. The number of carbonyl (C=O) groups excluding carboxylic acids is 1.